The number of aryl methyl sites for hydroxylation is 2. The van der Waals surface area contributed by atoms with Gasteiger partial charge in [-0.3, -0.25) is 9.59 Å². The van der Waals surface area contributed by atoms with Crippen LogP contribution in [0.25, 0.3) is 0 Å². The average molecular weight is 516 g/mol. The van der Waals surface area contributed by atoms with Crippen LogP contribution >= 0.6 is 22.9 Å². The lowest BCUT2D eigenvalue weighted by Gasteiger charge is -2.22. The Labute approximate surface area is 212 Å². The fraction of sp³-hybridized carbons (Fsp3) is 0.320. The lowest BCUT2D eigenvalue weighted by Crippen LogP contribution is -2.41. The van der Waals surface area contributed by atoms with Crippen LogP contribution in [0.5, 0.6) is 17.2 Å². The molecule has 4 rings (SSSR count). The normalized spacial score (nSPS) is 14.9. The third kappa shape index (κ3) is 6.72. The predicted octanol–water partition coefficient (Wildman–Crippen LogP) is 4.62. The topological polar surface area (TPSA) is 90.0 Å². The van der Waals surface area contributed by atoms with Crippen LogP contribution < -0.4 is 14.8 Å². The highest BCUT2D eigenvalue weighted by Gasteiger charge is 2.21. The van der Waals surface area contributed by atoms with Crippen LogP contribution in [0.15, 0.2) is 42.5 Å². The summed E-state index contributed by atoms with van der Waals surface area (Å²) in [5.41, 5.74) is 1.22. The van der Waals surface area contributed by atoms with Crippen LogP contribution in [0.2, 0.25) is 5.02 Å². The van der Waals surface area contributed by atoms with Crippen molar-refractivity contribution in [2.45, 2.75) is 20.3 Å². The minimum absolute atomic E-state index is 0.141. The number of para-hydroxylation sites is 2. The Bertz CT molecular complexity index is 1220. The molecule has 0 radical (unpaired) electrons. The molecule has 0 atom stereocenters. The number of thiazole rings is 1. The molecule has 2 aromatic carbocycles. The number of carbonyl (C=O) groups excluding carboxylic acids is 2. The summed E-state index contributed by atoms with van der Waals surface area (Å²) in [6.45, 7) is 4.80. The van der Waals surface area contributed by atoms with Crippen molar-refractivity contribution in [3.8, 4) is 17.2 Å². The minimum Gasteiger partial charge on any atom is -0.487 e. The number of amides is 2. The monoisotopic (exact) mass is 515 g/mol. The SMILES string of the molecule is Cc1nc(C)c(CC(=O)N2CCOCCOc3ccccc3Oc3ccc(Cl)cc3NC(=O)C2)s1. The van der Waals surface area contributed by atoms with Crippen molar-refractivity contribution in [2.75, 3.05) is 38.2 Å². The summed E-state index contributed by atoms with van der Waals surface area (Å²) in [5, 5.41) is 4.17. The Kier molecular flexibility index (Phi) is 8.22. The number of benzene rings is 2. The minimum atomic E-state index is -0.373. The molecule has 0 spiro atoms. The van der Waals surface area contributed by atoms with Gasteiger partial charge in [0.15, 0.2) is 17.2 Å². The number of hydrogen-bond acceptors (Lipinski definition) is 7. The Balaban J connectivity index is 1.57. The molecule has 1 aromatic heterocycles. The largest absolute Gasteiger partial charge is 0.487 e. The van der Waals surface area contributed by atoms with E-state index in [4.69, 9.17) is 25.8 Å². The van der Waals surface area contributed by atoms with Crippen LogP contribution in [0.1, 0.15) is 15.6 Å². The number of nitrogens with zero attached hydrogens (tertiary/aromatic N) is 2. The second kappa shape index (κ2) is 11.5. The van der Waals surface area contributed by atoms with Crippen molar-refractivity contribution in [1.29, 1.82) is 0 Å². The van der Waals surface area contributed by atoms with E-state index in [9.17, 15) is 9.59 Å². The fourth-order valence-corrected chi connectivity index (χ4v) is 4.69. The van der Waals surface area contributed by atoms with Gasteiger partial charge in [0.05, 0.1) is 42.6 Å². The summed E-state index contributed by atoms with van der Waals surface area (Å²) in [6.07, 6.45) is 0.175. The summed E-state index contributed by atoms with van der Waals surface area (Å²) in [4.78, 5) is 32.9. The van der Waals surface area contributed by atoms with Crippen LogP contribution in [0, 0.1) is 13.8 Å². The maximum atomic E-state index is 13.1. The number of anilines is 1. The zero-order valence-electron chi connectivity index (χ0n) is 19.5. The van der Waals surface area contributed by atoms with E-state index in [0.717, 1.165) is 15.6 Å². The molecular weight excluding hydrogens is 490 g/mol. The number of fused-ring (bicyclic) bond motifs is 2. The lowest BCUT2D eigenvalue weighted by molar-refractivity contribution is -0.134. The molecule has 3 aromatic rings. The van der Waals surface area contributed by atoms with Gasteiger partial charge in [0.25, 0.3) is 0 Å². The van der Waals surface area contributed by atoms with Crippen molar-refractivity contribution in [1.82, 2.24) is 9.88 Å². The van der Waals surface area contributed by atoms with Gasteiger partial charge in [-0.05, 0) is 44.2 Å². The first-order chi connectivity index (χ1) is 16.9. The molecule has 35 heavy (non-hydrogen) atoms. The molecule has 0 saturated heterocycles. The van der Waals surface area contributed by atoms with Gasteiger partial charge in [-0.25, -0.2) is 4.98 Å². The molecule has 0 saturated carbocycles. The zero-order chi connectivity index (χ0) is 24.8. The highest BCUT2D eigenvalue weighted by atomic mass is 35.5. The highest BCUT2D eigenvalue weighted by molar-refractivity contribution is 7.11. The van der Waals surface area contributed by atoms with E-state index < -0.39 is 0 Å². The number of nitrogens with one attached hydrogen (secondary N) is 1. The van der Waals surface area contributed by atoms with Crippen molar-refractivity contribution in [3.05, 3.63) is 63.1 Å². The molecule has 0 unspecified atom stereocenters. The highest BCUT2D eigenvalue weighted by Crippen LogP contribution is 2.36. The van der Waals surface area contributed by atoms with Crippen LogP contribution in [0.3, 0.4) is 0 Å². The molecule has 1 aliphatic heterocycles. The molecule has 8 nitrogen and oxygen atoms in total. The van der Waals surface area contributed by atoms with Gasteiger partial charge in [-0.15, -0.1) is 11.3 Å². The number of aromatic nitrogens is 1. The number of carbonyl (C=O) groups is 2. The maximum absolute atomic E-state index is 13.1. The third-order valence-electron chi connectivity index (χ3n) is 5.27. The van der Waals surface area contributed by atoms with E-state index in [-0.39, 0.29) is 37.9 Å². The average Bonchev–Trinajstić information content (AvgIpc) is 3.13. The molecule has 0 aliphatic carbocycles. The second-order valence-corrected chi connectivity index (χ2v) is 9.66. The summed E-state index contributed by atoms with van der Waals surface area (Å²) >= 11 is 7.67. The molecule has 2 amide bonds. The molecular formula is C25H26ClN3O5S. The molecule has 1 aliphatic rings. The number of ether oxygens (including phenoxy) is 3. The molecule has 2 heterocycles. The standard InChI is InChI=1S/C25H26ClN3O5S/c1-16-23(35-17(2)27-16)14-25(31)29-9-10-32-11-12-33-21-5-3-4-6-22(21)34-20-8-7-18(26)13-19(20)28-24(30)15-29/h3-8,13H,9-12,14-15H2,1-2H3,(H,28,30). The van der Waals surface area contributed by atoms with Crippen molar-refractivity contribution in [3.63, 3.8) is 0 Å². The van der Waals surface area contributed by atoms with E-state index in [0.29, 0.717) is 41.2 Å². The van der Waals surface area contributed by atoms with Crippen molar-refractivity contribution < 1.29 is 23.8 Å². The summed E-state index contributed by atoms with van der Waals surface area (Å²) in [5.74, 6) is 0.893. The van der Waals surface area contributed by atoms with E-state index in [1.165, 1.54) is 16.2 Å². The Morgan fingerprint density at radius 2 is 1.91 bits per heavy atom. The second-order valence-electron chi connectivity index (χ2n) is 7.93. The van der Waals surface area contributed by atoms with E-state index >= 15 is 0 Å². The Morgan fingerprint density at radius 3 is 2.69 bits per heavy atom. The van der Waals surface area contributed by atoms with Crippen LogP contribution in [-0.2, 0) is 20.7 Å². The first-order valence-corrected chi connectivity index (χ1v) is 12.4. The Hall–Kier alpha value is -3.14. The molecule has 0 fully saturated rings. The maximum Gasteiger partial charge on any atom is 0.244 e. The summed E-state index contributed by atoms with van der Waals surface area (Å²) in [6, 6.07) is 12.2. The molecule has 1 N–H and O–H groups in total. The number of hydrogen-bond donors (Lipinski definition) is 1. The first-order valence-electron chi connectivity index (χ1n) is 11.2. The van der Waals surface area contributed by atoms with Gasteiger partial charge in [-0.2, -0.15) is 0 Å². The van der Waals surface area contributed by atoms with E-state index in [1.807, 2.05) is 26.0 Å². The van der Waals surface area contributed by atoms with Gasteiger partial charge in [0.1, 0.15) is 6.61 Å². The first kappa shape index (κ1) is 25.0. The number of halogens is 1. The van der Waals surface area contributed by atoms with Crippen molar-refractivity contribution in [2.24, 2.45) is 0 Å². The summed E-state index contributed by atoms with van der Waals surface area (Å²) < 4.78 is 17.6. The van der Waals surface area contributed by atoms with E-state index in [1.54, 1.807) is 30.3 Å². The number of rotatable bonds is 2. The van der Waals surface area contributed by atoms with E-state index in [2.05, 4.69) is 10.3 Å². The van der Waals surface area contributed by atoms with Crippen molar-refractivity contribution >= 4 is 40.4 Å². The van der Waals surface area contributed by atoms with Gasteiger partial charge in [0, 0.05) is 16.4 Å². The Morgan fingerprint density at radius 1 is 1.11 bits per heavy atom. The zero-order valence-corrected chi connectivity index (χ0v) is 21.1. The van der Waals surface area contributed by atoms with Crippen LogP contribution in [0.4, 0.5) is 5.69 Å². The molecule has 0 bridgehead atoms. The quantitative estimate of drug-likeness (QED) is 0.535. The summed E-state index contributed by atoms with van der Waals surface area (Å²) in [7, 11) is 0. The van der Waals surface area contributed by atoms with Gasteiger partial charge >= 0.3 is 0 Å². The molecule has 10 heteroatoms. The van der Waals surface area contributed by atoms with Gasteiger partial charge < -0.3 is 24.4 Å². The molecule has 184 valence electrons. The lowest BCUT2D eigenvalue weighted by atomic mass is 10.2. The predicted molar refractivity (Wildman–Crippen MR) is 135 cm³/mol. The smallest absolute Gasteiger partial charge is 0.244 e. The fourth-order valence-electron chi connectivity index (χ4n) is 3.59. The van der Waals surface area contributed by atoms with Crippen LogP contribution in [-0.4, -0.2) is 54.6 Å². The van der Waals surface area contributed by atoms with Gasteiger partial charge in [-0.1, -0.05) is 23.7 Å². The third-order valence-corrected chi connectivity index (χ3v) is 6.58. The van der Waals surface area contributed by atoms with Gasteiger partial charge in [0.2, 0.25) is 11.8 Å².